The molecule has 1 unspecified atom stereocenters. The van der Waals surface area contributed by atoms with E-state index in [1.165, 1.54) is 6.07 Å². The Morgan fingerprint density at radius 3 is 2.69 bits per heavy atom. The molecule has 0 saturated carbocycles. The fourth-order valence-corrected chi connectivity index (χ4v) is 1.34. The lowest BCUT2D eigenvalue weighted by Crippen LogP contribution is -2.35. The van der Waals surface area contributed by atoms with E-state index in [1.54, 1.807) is 27.0 Å². The van der Waals surface area contributed by atoms with Crippen LogP contribution >= 0.6 is 0 Å². The molecule has 0 bridgehead atoms. The second-order valence-electron chi connectivity index (χ2n) is 3.67. The van der Waals surface area contributed by atoms with Crippen molar-refractivity contribution in [2.75, 3.05) is 18.1 Å². The van der Waals surface area contributed by atoms with Gasteiger partial charge in [-0.05, 0) is 31.5 Å². The number of carbonyl (C=O) groups excluding carboxylic acids is 1. The van der Waals surface area contributed by atoms with Crippen molar-refractivity contribution in [3.05, 3.63) is 23.5 Å². The van der Waals surface area contributed by atoms with Gasteiger partial charge in [-0.25, -0.2) is 4.39 Å². The van der Waals surface area contributed by atoms with Crippen LogP contribution in [0.15, 0.2) is 12.1 Å². The number of amides is 1. The Balaban J connectivity index is 2.89. The standard InChI is InChI=1S/C11H16FN3O/c1-6-4-10(9(13)5-8(6)12)15-7(2)11(16)14-3/h4-5,7,15H,13H2,1-3H3,(H,14,16). The number of anilines is 2. The van der Waals surface area contributed by atoms with Crippen LogP contribution in [0.5, 0.6) is 0 Å². The SMILES string of the molecule is CNC(=O)C(C)Nc1cc(C)c(F)cc1N. The number of hydrogen-bond acceptors (Lipinski definition) is 3. The zero-order valence-electron chi connectivity index (χ0n) is 9.60. The minimum absolute atomic E-state index is 0.152. The minimum atomic E-state index is -0.419. The molecule has 4 N–H and O–H groups in total. The monoisotopic (exact) mass is 225 g/mol. The van der Waals surface area contributed by atoms with Gasteiger partial charge in [0, 0.05) is 7.05 Å². The summed E-state index contributed by atoms with van der Waals surface area (Å²) >= 11 is 0. The van der Waals surface area contributed by atoms with Crippen molar-refractivity contribution in [3.8, 4) is 0 Å². The summed E-state index contributed by atoms with van der Waals surface area (Å²) in [5, 5.41) is 5.44. The van der Waals surface area contributed by atoms with Gasteiger partial charge in [0.25, 0.3) is 0 Å². The second-order valence-corrected chi connectivity index (χ2v) is 3.67. The van der Waals surface area contributed by atoms with Crippen molar-refractivity contribution < 1.29 is 9.18 Å². The molecule has 1 rings (SSSR count). The third kappa shape index (κ3) is 2.62. The van der Waals surface area contributed by atoms with Crippen molar-refractivity contribution >= 4 is 17.3 Å². The van der Waals surface area contributed by atoms with Gasteiger partial charge in [-0.3, -0.25) is 4.79 Å². The topological polar surface area (TPSA) is 67.2 Å². The van der Waals surface area contributed by atoms with Crippen LogP contribution in [0.25, 0.3) is 0 Å². The van der Waals surface area contributed by atoms with Crippen molar-refractivity contribution in [3.63, 3.8) is 0 Å². The molecule has 0 aliphatic rings. The van der Waals surface area contributed by atoms with Crippen LogP contribution in [-0.4, -0.2) is 19.0 Å². The van der Waals surface area contributed by atoms with E-state index in [9.17, 15) is 9.18 Å². The maximum absolute atomic E-state index is 13.1. The lowest BCUT2D eigenvalue weighted by Gasteiger charge is -2.16. The van der Waals surface area contributed by atoms with Crippen LogP contribution in [-0.2, 0) is 4.79 Å². The predicted octanol–water partition coefficient (Wildman–Crippen LogP) is 1.26. The number of hydrogen-bond donors (Lipinski definition) is 3. The summed E-state index contributed by atoms with van der Waals surface area (Å²) in [5.74, 6) is -0.503. The summed E-state index contributed by atoms with van der Waals surface area (Å²) in [7, 11) is 1.56. The number of nitrogen functional groups attached to an aromatic ring is 1. The Labute approximate surface area is 94.0 Å². The number of nitrogens with two attached hydrogens (primary N) is 1. The van der Waals surface area contributed by atoms with Crippen LogP contribution < -0.4 is 16.4 Å². The van der Waals surface area contributed by atoms with Crippen molar-refractivity contribution in [1.29, 1.82) is 0 Å². The molecular weight excluding hydrogens is 209 g/mol. The molecule has 0 saturated heterocycles. The van der Waals surface area contributed by atoms with Crippen molar-refractivity contribution in [2.24, 2.45) is 0 Å². The number of nitrogens with one attached hydrogen (secondary N) is 2. The van der Waals surface area contributed by atoms with Crippen LogP contribution in [0.3, 0.4) is 0 Å². The van der Waals surface area contributed by atoms with E-state index in [-0.39, 0.29) is 11.7 Å². The first-order valence-corrected chi connectivity index (χ1v) is 4.99. The Kier molecular flexibility index (Phi) is 3.71. The zero-order valence-corrected chi connectivity index (χ0v) is 9.60. The van der Waals surface area contributed by atoms with Crippen molar-refractivity contribution in [2.45, 2.75) is 19.9 Å². The van der Waals surface area contributed by atoms with Gasteiger partial charge < -0.3 is 16.4 Å². The first kappa shape index (κ1) is 12.3. The third-order valence-corrected chi connectivity index (χ3v) is 2.34. The fraction of sp³-hybridized carbons (Fsp3) is 0.364. The molecule has 0 aliphatic carbocycles. The van der Waals surface area contributed by atoms with Gasteiger partial charge in [0.05, 0.1) is 11.4 Å². The van der Waals surface area contributed by atoms with E-state index in [2.05, 4.69) is 10.6 Å². The molecule has 88 valence electrons. The molecule has 0 radical (unpaired) electrons. The third-order valence-electron chi connectivity index (χ3n) is 2.34. The summed E-state index contributed by atoms with van der Waals surface area (Å²) in [6.45, 7) is 3.35. The van der Waals surface area contributed by atoms with Gasteiger partial charge in [-0.2, -0.15) is 0 Å². The minimum Gasteiger partial charge on any atom is -0.397 e. The van der Waals surface area contributed by atoms with E-state index in [4.69, 9.17) is 5.73 Å². The molecule has 0 fully saturated rings. The quantitative estimate of drug-likeness (QED) is 0.678. The highest BCUT2D eigenvalue weighted by atomic mass is 19.1. The summed E-state index contributed by atoms with van der Waals surface area (Å²) in [4.78, 5) is 11.3. The second kappa shape index (κ2) is 4.83. The summed E-state index contributed by atoms with van der Waals surface area (Å²) < 4.78 is 13.1. The Hall–Kier alpha value is -1.78. The van der Waals surface area contributed by atoms with Gasteiger partial charge >= 0.3 is 0 Å². The fourth-order valence-electron chi connectivity index (χ4n) is 1.34. The number of aryl methyl sites for hydroxylation is 1. The molecule has 1 amide bonds. The Morgan fingerprint density at radius 1 is 1.50 bits per heavy atom. The molecule has 16 heavy (non-hydrogen) atoms. The van der Waals surface area contributed by atoms with Crippen LogP contribution in [0.2, 0.25) is 0 Å². The Morgan fingerprint density at radius 2 is 2.12 bits per heavy atom. The molecule has 1 atom stereocenters. The normalized spacial score (nSPS) is 12.0. The number of halogens is 1. The average molecular weight is 225 g/mol. The van der Waals surface area contributed by atoms with Gasteiger partial charge in [0.2, 0.25) is 5.91 Å². The molecule has 0 spiro atoms. The van der Waals surface area contributed by atoms with Gasteiger partial charge in [-0.1, -0.05) is 0 Å². The molecular formula is C11H16FN3O. The zero-order chi connectivity index (χ0) is 12.3. The van der Waals surface area contributed by atoms with Gasteiger partial charge in [-0.15, -0.1) is 0 Å². The lowest BCUT2D eigenvalue weighted by atomic mass is 10.1. The lowest BCUT2D eigenvalue weighted by molar-refractivity contribution is -0.121. The van der Waals surface area contributed by atoms with E-state index in [1.807, 2.05) is 0 Å². The average Bonchev–Trinajstić information content (AvgIpc) is 2.24. The number of carbonyl (C=O) groups is 1. The highest BCUT2D eigenvalue weighted by molar-refractivity contribution is 5.85. The molecule has 4 nitrogen and oxygen atoms in total. The van der Waals surface area contributed by atoms with E-state index < -0.39 is 6.04 Å². The summed E-state index contributed by atoms with van der Waals surface area (Å²) in [6.07, 6.45) is 0. The predicted molar refractivity (Wildman–Crippen MR) is 62.7 cm³/mol. The van der Waals surface area contributed by atoms with Crippen molar-refractivity contribution in [1.82, 2.24) is 5.32 Å². The highest BCUT2D eigenvalue weighted by Crippen LogP contribution is 2.23. The van der Waals surface area contributed by atoms with E-state index in [0.717, 1.165) is 0 Å². The maximum atomic E-state index is 13.1. The first-order chi connectivity index (χ1) is 7.45. The molecule has 0 heterocycles. The number of benzene rings is 1. The Bertz CT molecular complexity index is 406. The molecule has 5 heteroatoms. The van der Waals surface area contributed by atoms with Gasteiger partial charge in [0.15, 0.2) is 0 Å². The highest BCUT2D eigenvalue weighted by Gasteiger charge is 2.12. The van der Waals surface area contributed by atoms with E-state index >= 15 is 0 Å². The maximum Gasteiger partial charge on any atom is 0.241 e. The molecule has 1 aromatic rings. The number of likely N-dealkylation sites (N-methyl/N-ethyl adjacent to an activating group) is 1. The molecule has 1 aromatic carbocycles. The smallest absolute Gasteiger partial charge is 0.241 e. The van der Waals surface area contributed by atoms with E-state index in [0.29, 0.717) is 16.9 Å². The number of rotatable bonds is 3. The van der Waals surface area contributed by atoms with Crippen LogP contribution in [0.4, 0.5) is 15.8 Å². The molecule has 0 aromatic heterocycles. The first-order valence-electron chi connectivity index (χ1n) is 4.99. The van der Waals surface area contributed by atoms with Gasteiger partial charge in [0.1, 0.15) is 11.9 Å². The van der Waals surface area contributed by atoms with Crippen LogP contribution in [0.1, 0.15) is 12.5 Å². The largest absolute Gasteiger partial charge is 0.397 e. The summed E-state index contributed by atoms with van der Waals surface area (Å²) in [5.41, 5.74) is 6.99. The molecule has 0 aliphatic heterocycles. The van der Waals surface area contributed by atoms with Crippen LogP contribution in [0, 0.1) is 12.7 Å². The summed E-state index contributed by atoms with van der Waals surface area (Å²) in [6, 6.07) is 2.41.